The van der Waals surface area contributed by atoms with E-state index in [0.29, 0.717) is 0 Å². The van der Waals surface area contributed by atoms with Crippen molar-refractivity contribution in [2.75, 3.05) is 0 Å². The second kappa shape index (κ2) is 6.97. The molecule has 2 atom stereocenters. The van der Waals surface area contributed by atoms with E-state index in [0.717, 1.165) is 19.4 Å². The Morgan fingerprint density at radius 1 is 1.17 bits per heavy atom. The van der Waals surface area contributed by atoms with E-state index in [2.05, 4.69) is 54.8 Å². The van der Waals surface area contributed by atoms with Crippen molar-refractivity contribution in [1.29, 1.82) is 0 Å². The first-order valence-corrected chi connectivity index (χ1v) is 8.28. The van der Waals surface area contributed by atoms with Gasteiger partial charge < -0.3 is 10.6 Å². The predicted molar refractivity (Wildman–Crippen MR) is 93.3 cm³/mol. The quantitative estimate of drug-likeness (QED) is 0.912. The number of carbonyl (C=O) groups is 1. The minimum atomic E-state index is -0.135. The van der Waals surface area contributed by atoms with Crippen molar-refractivity contribution in [2.45, 2.75) is 45.3 Å². The molecule has 0 saturated carbocycles. The van der Waals surface area contributed by atoms with Crippen LogP contribution >= 0.6 is 0 Å². The first-order valence-electron chi connectivity index (χ1n) is 8.28. The van der Waals surface area contributed by atoms with E-state index < -0.39 is 0 Å². The molecule has 0 aliphatic carbocycles. The molecule has 0 aromatic heterocycles. The number of fused-ring (bicyclic) bond motifs is 1. The van der Waals surface area contributed by atoms with E-state index >= 15 is 0 Å². The number of hydrogen-bond donors (Lipinski definition) is 2. The number of hydrogen-bond acceptors (Lipinski definition) is 2. The second-order valence-corrected chi connectivity index (χ2v) is 6.45. The highest BCUT2D eigenvalue weighted by Gasteiger charge is 2.24. The van der Waals surface area contributed by atoms with Crippen LogP contribution in [-0.4, -0.2) is 18.0 Å². The third-order valence-electron chi connectivity index (χ3n) is 4.57. The summed E-state index contributed by atoms with van der Waals surface area (Å²) >= 11 is 0. The van der Waals surface area contributed by atoms with Crippen LogP contribution in [0.15, 0.2) is 48.5 Å². The van der Waals surface area contributed by atoms with Gasteiger partial charge in [-0.05, 0) is 48.9 Å². The average Bonchev–Trinajstić information content (AvgIpc) is 2.56. The van der Waals surface area contributed by atoms with Crippen molar-refractivity contribution in [1.82, 2.24) is 10.6 Å². The maximum Gasteiger partial charge on any atom is 0.237 e. The fourth-order valence-electron chi connectivity index (χ4n) is 3.20. The predicted octanol–water partition coefficient (Wildman–Crippen LogP) is 2.76. The molecular weight excluding hydrogens is 284 g/mol. The first kappa shape index (κ1) is 15.8. The van der Waals surface area contributed by atoms with Crippen LogP contribution in [-0.2, 0) is 24.2 Å². The molecule has 2 aromatic rings. The molecule has 0 bridgehead atoms. The fraction of sp³-hybridized carbons (Fsp3) is 0.350. The highest BCUT2D eigenvalue weighted by molar-refractivity contribution is 5.82. The number of rotatable bonds is 4. The lowest BCUT2D eigenvalue weighted by Crippen LogP contribution is -2.50. The van der Waals surface area contributed by atoms with Crippen LogP contribution in [0.2, 0.25) is 0 Å². The number of nitrogens with one attached hydrogen (secondary N) is 2. The average molecular weight is 308 g/mol. The van der Waals surface area contributed by atoms with Crippen molar-refractivity contribution in [3.05, 3.63) is 70.8 Å². The topological polar surface area (TPSA) is 41.1 Å². The zero-order chi connectivity index (χ0) is 16.2. The number of benzene rings is 2. The minimum absolute atomic E-state index is 0.0978. The standard InChI is InChI=1S/C20H24N2O/c1-14-7-3-4-8-16(14)11-15(2)22-20(23)19-12-17-9-5-6-10-18(17)13-21-19/h3-10,15,19,21H,11-13H2,1-2H3,(H,22,23). The number of carbonyl (C=O) groups excluding carboxylic acids is 1. The lowest BCUT2D eigenvalue weighted by Gasteiger charge is -2.27. The summed E-state index contributed by atoms with van der Waals surface area (Å²) < 4.78 is 0. The Bertz CT molecular complexity index is 696. The van der Waals surface area contributed by atoms with E-state index in [-0.39, 0.29) is 18.0 Å². The molecule has 2 aromatic carbocycles. The van der Waals surface area contributed by atoms with Crippen molar-refractivity contribution in [3.63, 3.8) is 0 Å². The molecule has 2 N–H and O–H groups in total. The Balaban J connectivity index is 1.58. The van der Waals surface area contributed by atoms with Gasteiger partial charge in [-0.1, -0.05) is 48.5 Å². The monoisotopic (exact) mass is 308 g/mol. The van der Waals surface area contributed by atoms with Crippen LogP contribution in [0.3, 0.4) is 0 Å². The molecule has 23 heavy (non-hydrogen) atoms. The zero-order valence-corrected chi connectivity index (χ0v) is 13.8. The van der Waals surface area contributed by atoms with Crippen LogP contribution in [0.25, 0.3) is 0 Å². The summed E-state index contributed by atoms with van der Waals surface area (Å²) in [5.41, 5.74) is 5.14. The van der Waals surface area contributed by atoms with Gasteiger partial charge in [-0.2, -0.15) is 0 Å². The van der Waals surface area contributed by atoms with E-state index in [1.165, 1.54) is 22.3 Å². The third kappa shape index (κ3) is 3.80. The van der Waals surface area contributed by atoms with Crippen LogP contribution < -0.4 is 10.6 Å². The molecule has 3 rings (SSSR count). The van der Waals surface area contributed by atoms with Crippen molar-refractivity contribution < 1.29 is 4.79 Å². The third-order valence-corrected chi connectivity index (χ3v) is 4.57. The summed E-state index contributed by atoms with van der Waals surface area (Å²) in [5.74, 6) is 0.0978. The van der Waals surface area contributed by atoms with Crippen LogP contribution in [0.1, 0.15) is 29.2 Å². The molecule has 3 nitrogen and oxygen atoms in total. The molecule has 0 radical (unpaired) electrons. The Morgan fingerprint density at radius 2 is 1.87 bits per heavy atom. The maximum absolute atomic E-state index is 12.5. The van der Waals surface area contributed by atoms with Gasteiger partial charge in [0.2, 0.25) is 5.91 Å². The van der Waals surface area contributed by atoms with Crippen molar-refractivity contribution in [2.24, 2.45) is 0 Å². The highest BCUT2D eigenvalue weighted by Crippen LogP contribution is 2.16. The van der Waals surface area contributed by atoms with Gasteiger partial charge >= 0.3 is 0 Å². The summed E-state index contributed by atoms with van der Waals surface area (Å²) in [7, 11) is 0. The summed E-state index contributed by atoms with van der Waals surface area (Å²) in [5, 5.41) is 6.50. The van der Waals surface area contributed by atoms with E-state index in [1.807, 2.05) is 18.2 Å². The van der Waals surface area contributed by atoms with Gasteiger partial charge in [-0.15, -0.1) is 0 Å². The van der Waals surface area contributed by atoms with Crippen LogP contribution in [0.4, 0.5) is 0 Å². The lowest BCUT2D eigenvalue weighted by molar-refractivity contribution is -0.123. The molecule has 0 fully saturated rings. The molecular formula is C20H24N2O. The van der Waals surface area contributed by atoms with Gasteiger partial charge in [0.05, 0.1) is 6.04 Å². The zero-order valence-electron chi connectivity index (χ0n) is 13.8. The molecule has 120 valence electrons. The largest absolute Gasteiger partial charge is 0.352 e. The number of aryl methyl sites for hydroxylation is 1. The minimum Gasteiger partial charge on any atom is -0.352 e. The van der Waals surface area contributed by atoms with Crippen molar-refractivity contribution >= 4 is 5.91 Å². The smallest absolute Gasteiger partial charge is 0.237 e. The van der Waals surface area contributed by atoms with Gasteiger partial charge in [0.15, 0.2) is 0 Å². The number of amides is 1. The van der Waals surface area contributed by atoms with Gasteiger partial charge in [0.25, 0.3) is 0 Å². The lowest BCUT2D eigenvalue weighted by atomic mass is 9.95. The van der Waals surface area contributed by atoms with Gasteiger partial charge in [0.1, 0.15) is 0 Å². The van der Waals surface area contributed by atoms with Gasteiger partial charge in [-0.3, -0.25) is 4.79 Å². The van der Waals surface area contributed by atoms with E-state index in [4.69, 9.17) is 0 Å². The molecule has 1 heterocycles. The van der Waals surface area contributed by atoms with Gasteiger partial charge in [-0.25, -0.2) is 0 Å². The van der Waals surface area contributed by atoms with Crippen LogP contribution in [0.5, 0.6) is 0 Å². The molecule has 1 aliphatic rings. The van der Waals surface area contributed by atoms with E-state index in [9.17, 15) is 4.79 Å². The molecule has 0 saturated heterocycles. The first-order chi connectivity index (χ1) is 11.1. The molecule has 3 heteroatoms. The molecule has 1 aliphatic heterocycles. The Kier molecular flexibility index (Phi) is 4.77. The summed E-state index contributed by atoms with van der Waals surface area (Å²) in [6.07, 6.45) is 1.63. The normalized spacial score (nSPS) is 18.1. The summed E-state index contributed by atoms with van der Waals surface area (Å²) in [6.45, 7) is 4.95. The fourth-order valence-corrected chi connectivity index (χ4v) is 3.20. The molecule has 2 unspecified atom stereocenters. The molecule has 0 spiro atoms. The SMILES string of the molecule is Cc1ccccc1CC(C)NC(=O)C1Cc2ccccc2CN1. The van der Waals surface area contributed by atoms with E-state index in [1.54, 1.807) is 0 Å². The maximum atomic E-state index is 12.5. The summed E-state index contributed by atoms with van der Waals surface area (Å²) in [6, 6.07) is 16.7. The van der Waals surface area contributed by atoms with Crippen molar-refractivity contribution in [3.8, 4) is 0 Å². The molecule has 1 amide bonds. The Hall–Kier alpha value is -2.13. The Labute approximate surface area is 138 Å². The Morgan fingerprint density at radius 3 is 2.65 bits per heavy atom. The van der Waals surface area contributed by atoms with Gasteiger partial charge in [0, 0.05) is 12.6 Å². The summed E-state index contributed by atoms with van der Waals surface area (Å²) in [4.78, 5) is 12.5. The second-order valence-electron chi connectivity index (χ2n) is 6.45. The highest BCUT2D eigenvalue weighted by atomic mass is 16.2. The van der Waals surface area contributed by atoms with Crippen LogP contribution in [0, 0.1) is 6.92 Å².